The first kappa shape index (κ1) is 37.4. The highest BCUT2D eigenvalue weighted by Gasteiger charge is 2.18. The second-order valence-electron chi connectivity index (χ2n) is 9.51. The molecule has 0 saturated heterocycles. The first-order valence-electron chi connectivity index (χ1n) is 13.6. The molecule has 3 aromatic carbocycles. The Morgan fingerprint density at radius 1 is 0.745 bits per heavy atom. The standard InChI is InChI=1S/C12H12O6.C11H9NO3.C10H10O3S/c1-7(13)17-12(18-8(2)14)10-5-3-9(4-6-10)11(15)16;1-6-9(11(14)15)7-4-2-3-5-8(7)10(13)12-6;1-14-8-4-2-7(3-5-8)9(11)6-10(12)13/h3-6,12H,1-2H3,(H,15,16);2-5H,1H3,(H,12,13)(H,14,15);2-5H,6H2,1H3,(H,12,13). The van der Waals surface area contributed by atoms with Crippen LogP contribution in [0.2, 0.25) is 0 Å². The number of ether oxygens (including phenoxy) is 2. The summed E-state index contributed by atoms with van der Waals surface area (Å²) in [7, 11) is 0. The van der Waals surface area contributed by atoms with Crippen molar-refractivity contribution in [3.63, 3.8) is 0 Å². The Labute approximate surface area is 272 Å². The van der Waals surface area contributed by atoms with E-state index < -0.39 is 42.6 Å². The summed E-state index contributed by atoms with van der Waals surface area (Å²) in [6, 6.07) is 19.1. The second-order valence-corrected chi connectivity index (χ2v) is 10.4. The third-order valence-corrected chi connectivity index (χ3v) is 6.77. The number of aliphatic carboxylic acids is 1. The van der Waals surface area contributed by atoms with Gasteiger partial charge in [-0.25, -0.2) is 9.59 Å². The molecule has 0 aliphatic carbocycles. The van der Waals surface area contributed by atoms with Gasteiger partial charge in [0.2, 0.25) is 0 Å². The number of H-pyrrole nitrogens is 1. The minimum Gasteiger partial charge on any atom is -0.481 e. The number of benzene rings is 3. The fourth-order valence-corrected chi connectivity index (χ4v) is 4.35. The van der Waals surface area contributed by atoms with E-state index >= 15 is 0 Å². The molecule has 13 nitrogen and oxygen atoms in total. The van der Waals surface area contributed by atoms with Gasteiger partial charge in [-0.2, -0.15) is 0 Å². The number of carboxylic acid groups (broad SMARTS) is 3. The Morgan fingerprint density at radius 2 is 1.26 bits per heavy atom. The summed E-state index contributed by atoms with van der Waals surface area (Å²) in [4.78, 5) is 80.1. The van der Waals surface area contributed by atoms with Crippen molar-refractivity contribution in [2.24, 2.45) is 0 Å². The summed E-state index contributed by atoms with van der Waals surface area (Å²) in [6.07, 6.45) is 0.329. The molecule has 47 heavy (non-hydrogen) atoms. The number of rotatable bonds is 9. The fraction of sp³-hybridized carbons (Fsp3) is 0.182. The lowest BCUT2D eigenvalue weighted by molar-refractivity contribution is -0.186. The number of thioether (sulfide) groups is 1. The SMILES string of the molecule is CC(=O)OC(OC(C)=O)c1ccc(C(=O)O)cc1.CSc1ccc(C(=O)CC(=O)O)cc1.Cc1[nH]c(=O)c2ccccc2c1C(=O)O. The van der Waals surface area contributed by atoms with Crippen LogP contribution in [0.1, 0.15) is 68.9 Å². The molecule has 246 valence electrons. The maximum atomic E-state index is 11.5. The molecule has 0 radical (unpaired) electrons. The normalized spacial score (nSPS) is 10.1. The summed E-state index contributed by atoms with van der Waals surface area (Å²) in [5.41, 5.74) is 1.20. The molecule has 0 aliphatic heterocycles. The van der Waals surface area contributed by atoms with Crippen LogP contribution in [0.15, 0.2) is 82.5 Å². The smallest absolute Gasteiger partial charge is 0.338 e. The Morgan fingerprint density at radius 3 is 1.70 bits per heavy atom. The van der Waals surface area contributed by atoms with E-state index in [0.29, 0.717) is 27.6 Å². The average Bonchev–Trinajstić information content (AvgIpc) is 3.00. The molecule has 0 amide bonds. The number of aromatic carboxylic acids is 2. The van der Waals surface area contributed by atoms with Crippen LogP contribution in [0.25, 0.3) is 10.8 Å². The van der Waals surface area contributed by atoms with Crippen LogP contribution in [-0.2, 0) is 23.9 Å². The van der Waals surface area contributed by atoms with E-state index in [9.17, 15) is 33.6 Å². The molecular weight excluding hydrogens is 634 g/mol. The number of nitrogens with one attached hydrogen (secondary N) is 1. The number of aromatic nitrogens is 1. The number of hydrogen-bond donors (Lipinski definition) is 4. The Bertz CT molecular complexity index is 1810. The maximum Gasteiger partial charge on any atom is 0.338 e. The van der Waals surface area contributed by atoms with Crippen LogP contribution < -0.4 is 5.56 Å². The van der Waals surface area contributed by atoms with Crippen LogP contribution >= 0.6 is 11.8 Å². The van der Waals surface area contributed by atoms with E-state index in [-0.39, 0.29) is 22.5 Å². The summed E-state index contributed by atoms with van der Waals surface area (Å²) >= 11 is 1.58. The van der Waals surface area contributed by atoms with E-state index in [4.69, 9.17) is 24.8 Å². The van der Waals surface area contributed by atoms with Crippen molar-refractivity contribution >= 4 is 58.2 Å². The van der Waals surface area contributed by atoms with Crippen molar-refractivity contribution in [2.45, 2.75) is 38.4 Å². The van der Waals surface area contributed by atoms with Gasteiger partial charge in [-0.1, -0.05) is 42.5 Å². The molecule has 0 aliphatic rings. The molecule has 0 atom stereocenters. The Kier molecular flexibility index (Phi) is 14.1. The number of carboxylic acids is 3. The second kappa shape index (κ2) is 17.7. The number of aromatic amines is 1. The number of ketones is 1. The number of Topliss-reactive ketones (excluding diaryl/α,β-unsaturated/α-hetero) is 1. The van der Waals surface area contributed by atoms with Crippen molar-refractivity contribution in [3.05, 3.63) is 111 Å². The molecule has 0 saturated carbocycles. The van der Waals surface area contributed by atoms with Gasteiger partial charge >= 0.3 is 29.8 Å². The molecule has 1 heterocycles. The third kappa shape index (κ3) is 11.6. The van der Waals surface area contributed by atoms with E-state index in [0.717, 1.165) is 4.90 Å². The number of fused-ring (bicyclic) bond motifs is 1. The molecule has 0 fully saturated rings. The molecule has 4 N–H and O–H groups in total. The summed E-state index contributed by atoms with van der Waals surface area (Å²) in [5.74, 6) is -4.76. The predicted octanol–water partition coefficient (Wildman–Crippen LogP) is 5.11. The topological polar surface area (TPSA) is 214 Å². The highest BCUT2D eigenvalue weighted by molar-refractivity contribution is 7.98. The van der Waals surface area contributed by atoms with Crippen molar-refractivity contribution < 1.29 is 53.6 Å². The van der Waals surface area contributed by atoms with Crippen molar-refractivity contribution in [3.8, 4) is 0 Å². The largest absolute Gasteiger partial charge is 0.481 e. The monoisotopic (exact) mass is 665 g/mol. The molecule has 4 rings (SSSR count). The lowest BCUT2D eigenvalue weighted by Gasteiger charge is -2.16. The first-order valence-corrected chi connectivity index (χ1v) is 14.8. The van der Waals surface area contributed by atoms with Crippen molar-refractivity contribution in [2.75, 3.05) is 6.26 Å². The van der Waals surface area contributed by atoms with Gasteiger partial charge in [0.05, 0.1) is 11.1 Å². The van der Waals surface area contributed by atoms with E-state index in [1.807, 2.05) is 6.26 Å². The summed E-state index contributed by atoms with van der Waals surface area (Å²) < 4.78 is 9.64. The van der Waals surface area contributed by atoms with E-state index in [1.54, 1.807) is 67.2 Å². The molecular formula is C33H31NO12S. The summed E-state index contributed by atoms with van der Waals surface area (Å²) in [6.45, 7) is 3.95. The van der Waals surface area contributed by atoms with E-state index in [2.05, 4.69) is 4.98 Å². The average molecular weight is 666 g/mol. The maximum absolute atomic E-state index is 11.5. The van der Waals surface area contributed by atoms with Gasteiger partial charge in [0.15, 0.2) is 5.78 Å². The lowest BCUT2D eigenvalue weighted by Crippen LogP contribution is -2.15. The highest BCUT2D eigenvalue weighted by Crippen LogP contribution is 2.20. The molecule has 0 bridgehead atoms. The number of carbonyl (C=O) groups excluding carboxylic acids is 3. The quantitative estimate of drug-likeness (QED) is 0.0602. The number of hydrogen-bond acceptors (Lipinski definition) is 10. The molecule has 14 heteroatoms. The lowest BCUT2D eigenvalue weighted by atomic mass is 10.1. The third-order valence-electron chi connectivity index (χ3n) is 6.03. The van der Waals surface area contributed by atoms with Gasteiger partial charge in [-0.3, -0.25) is 24.0 Å². The molecule has 0 unspecified atom stereocenters. The zero-order valence-electron chi connectivity index (χ0n) is 25.6. The molecule has 4 aromatic rings. The van der Waals surface area contributed by atoms with Crippen LogP contribution in [0, 0.1) is 6.92 Å². The first-order chi connectivity index (χ1) is 22.1. The van der Waals surface area contributed by atoms with Crippen LogP contribution in [0.3, 0.4) is 0 Å². The van der Waals surface area contributed by atoms with E-state index in [1.165, 1.54) is 38.1 Å². The Balaban J connectivity index is 0.000000247. The molecule has 1 aromatic heterocycles. The van der Waals surface area contributed by atoms with Crippen molar-refractivity contribution in [1.29, 1.82) is 0 Å². The zero-order chi connectivity index (χ0) is 35.3. The van der Waals surface area contributed by atoms with Crippen LogP contribution in [-0.4, -0.2) is 62.2 Å². The van der Waals surface area contributed by atoms with Gasteiger partial charge in [0.25, 0.3) is 11.8 Å². The van der Waals surface area contributed by atoms with Gasteiger partial charge < -0.3 is 29.8 Å². The zero-order valence-corrected chi connectivity index (χ0v) is 26.5. The molecule has 0 spiro atoms. The number of esters is 2. The van der Waals surface area contributed by atoms with Crippen LogP contribution in [0.5, 0.6) is 0 Å². The van der Waals surface area contributed by atoms with Gasteiger partial charge in [-0.15, -0.1) is 11.8 Å². The number of aryl methyl sites for hydroxylation is 1. The summed E-state index contributed by atoms with van der Waals surface area (Å²) in [5, 5.41) is 27.1. The van der Waals surface area contributed by atoms with Gasteiger partial charge in [-0.05, 0) is 43.5 Å². The minimum atomic E-state index is -1.16. The Hall–Kier alpha value is -5.76. The number of pyridine rings is 1. The van der Waals surface area contributed by atoms with Crippen molar-refractivity contribution in [1.82, 2.24) is 4.98 Å². The van der Waals surface area contributed by atoms with Gasteiger partial charge in [0.1, 0.15) is 6.42 Å². The highest BCUT2D eigenvalue weighted by atomic mass is 32.2. The predicted molar refractivity (Wildman–Crippen MR) is 171 cm³/mol. The van der Waals surface area contributed by atoms with Crippen LogP contribution in [0.4, 0.5) is 0 Å². The van der Waals surface area contributed by atoms with Gasteiger partial charge in [0, 0.05) is 46.3 Å². The minimum absolute atomic E-state index is 0.0863. The number of carbonyl (C=O) groups is 6. The fourth-order valence-electron chi connectivity index (χ4n) is 3.94.